The average Bonchev–Trinajstić information content (AvgIpc) is 2.05. The fourth-order valence-corrected chi connectivity index (χ4v) is 2.57. The molecule has 1 heterocycles. The van der Waals surface area contributed by atoms with E-state index in [4.69, 9.17) is 5.11 Å². The van der Waals surface area contributed by atoms with Gasteiger partial charge in [-0.15, -0.1) is 0 Å². The van der Waals surface area contributed by atoms with Crippen LogP contribution < -0.4 is 0 Å². The van der Waals surface area contributed by atoms with Crippen molar-refractivity contribution in [2.45, 2.75) is 38.6 Å². The minimum Gasteiger partial charge on any atom is -0.481 e. The second-order valence-corrected chi connectivity index (χ2v) is 4.81. The second-order valence-electron chi connectivity index (χ2n) is 4.81. The zero-order valence-electron chi connectivity index (χ0n) is 8.78. The standard InChI is InChI=1S/C11H19NO2/c1-8-4-6-12(7-5-8)10-3-2-9(10)11(13)14/h8-10H,2-7H2,1H3,(H,13,14). The molecule has 14 heavy (non-hydrogen) atoms. The van der Waals surface area contributed by atoms with E-state index >= 15 is 0 Å². The molecule has 0 spiro atoms. The molecular weight excluding hydrogens is 178 g/mol. The third kappa shape index (κ3) is 1.78. The monoisotopic (exact) mass is 197 g/mol. The molecule has 1 saturated heterocycles. The van der Waals surface area contributed by atoms with Crippen molar-refractivity contribution in [3.8, 4) is 0 Å². The lowest BCUT2D eigenvalue weighted by molar-refractivity contribution is -0.149. The summed E-state index contributed by atoms with van der Waals surface area (Å²) in [6.45, 7) is 4.50. The maximum Gasteiger partial charge on any atom is 0.308 e. The van der Waals surface area contributed by atoms with Crippen LogP contribution in [0.1, 0.15) is 32.6 Å². The predicted octanol–water partition coefficient (Wildman–Crippen LogP) is 1.58. The third-order valence-electron chi connectivity index (χ3n) is 3.84. The van der Waals surface area contributed by atoms with Crippen LogP contribution in [0.4, 0.5) is 0 Å². The summed E-state index contributed by atoms with van der Waals surface area (Å²) in [7, 11) is 0. The van der Waals surface area contributed by atoms with Gasteiger partial charge < -0.3 is 5.11 Å². The molecule has 80 valence electrons. The molecule has 1 aliphatic heterocycles. The summed E-state index contributed by atoms with van der Waals surface area (Å²) in [5.41, 5.74) is 0. The third-order valence-corrected chi connectivity index (χ3v) is 3.84. The zero-order valence-corrected chi connectivity index (χ0v) is 8.78. The molecule has 1 aliphatic carbocycles. The Morgan fingerprint density at radius 3 is 2.29 bits per heavy atom. The van der Waals surface area contributed by atoms with Crippen molar-refractivity contribution in [1.29, 1.82) is 0 Å². The topological polar surface area (TPSA) is 40.5 Å². The number of piperidine rings is 1. The highest BCUT2D eigenvalue weighted by Crippen LogP contribution is 2.34. The summed E-state index contributed by atoms with van der Waals surface area (Å²) in [4.78, 5) is 13.3. The largest absolute Gasteiger partial charge is 0.481 e. The Morgan fingerprint density at radius 2 is 1.86 bits per heavy atom. The van der Waals surface area contributed by atoms with Crippen LogP contribution in [0.2, 0.25) is 0 Å². The highest BCUT2D eigenvalue weighted by atomic mass is 16.4. The van der Waals surface area contributed by atoms with Crippen LogP contribution in [0, 0.1) is 11.8 Å². The van der Waals surface area contributed by atoms with Gasteiger partial charge in [-0.3, -0.25) is 9.69 Å². The van der Waals surface area contributed by atoms with Gasteiger partial charge in [-0.05, 0) is 44.7 Å². The summed E-state index contributed by atoms with van der Waals surface area (Å²) in [5, 5.41) is 8.96. The quantitative estimate of drug-likeness (QED) is 0.730. The van der Waals surface area contributed by atoms with Crippen LogP contribution in [-0.2, 0) is 4.79 Å². The van der Waals surface area contributed by atoms with Gasteiger partial charge in [0.15, 0.2) is 0 Å². The van der Waals surface area contributed by atoms with Crippen LogP contribution in [0.5, 0.6) is 0 Å². The van der Waals surface area contributed by atoms with Crippen molar-refractivity contribution in [1.82, 2.24) is 4.90 Å². The first-order valence-electron chi connectivity index (χ1n) is 5.65. The molecule has 0 aromatic heterocycles. The SMILES string of the molecule is CC1CCN(C2CCC2C(=O)O)CC1. The Kier molecular flexibility index (Phi) is 2.77. The van der Waals surface area contributed by atoms with Crippen molar-refractivity contribution in [3.63, 3.8) is 0 Å². The number of aliphatic carboxylic acids is 1. The molecule has 0 aromatic rings. The number of rotatable bonds is 2. The van der Waals surface area contributed by atoms with Crippen molar-refractivity contribution >= 4 is 5.97 Å². The summed E-state index contributed by atoms with van der Waals surface area (Å²) in [6.07, 6.45) is 4.45. The molecule has 0 radical (unpaired) electrons. The Labute approximate surface area is 85.1 Å². The number of likely N-dealkylation sites (tertiary alicyclic amines) is 1. The van der Waals surface area contributed by atoms with E-state index in [2.05, 4.69) is 11.8 Å². The Balaban J connectivity index is 1.87. The van der Waals surface area contributed by atoms with E-state index in [0.29, 0.717) is 6.04 Å². The summed E-state index contributed by atoms with van der Waals surface area (Å²) >= 11 is 0. The first-order valence-corrected chi connectivity index (χ1v) is 5.65. The van der Waals surface area contributed by atoms with E-state index in [0.717, 1.165) is 31.8 Å². The van der Waals surface area contributed by atoms with Gasteiger partial charge in [0.2, 0.25) is 0 Å². The van der Waals surface area contributed by atoms with Crippen molar-refractivity contribution in [2.75, 3.05) is 13.1 Å². The average molecular weight is 197 g/mol. The van der Waals surface area contributed by atoms with Crippen LogP contribution in [0.3, 0.4) is 0 Å². The van der Waals surface area contributed by atoms with Gasteiger partial charge >= 0.3 is 5.97 Å². The molecule has 3 nitrogen and oxygen atoms in total. The lowest BCUT2D eigenvalue weighted by Gasteiger charge is -2.44. The van der Waals surface area contributed by atoms with Crippen LogP contribution >= 0.6 is 0 Å². The minimum absolute atomic E-state index is 0.0802. The normalized spacial score (nSPS) is 35.2. The fraction of sp³-hybridized carbons (Fsp3) is 0.909. The molecule has 1 saturated carbocycles. The molecule has 0 amide bonds. The van der Waals surface area contributed by atoms with Gasteiger partial charge in [0.25, 0.3) is 0 Å². The first-order chi connectivity index (χ1) is 6.68. The van der Waals surface area contributed by atoms with Gasteiger partial charge in [-0.2, -0.15) is 0 Å². The van der Waals surface area contributed by atoms with Gasteiger partial charge in [0.05, 0.1) is 5.92 Å². The van der Waals surface area contributed by atoms with E-state index in [9.17, 15) is 4.79 Å². The van der Waals surface area contributed by atoms with Crippen LogP contribution in [0.25, 0.3) is 0 Å². The summed E-state index contributed by atoms with van der Waals surface area (Å²) in [6, 6.07) is 0.347. The zero-order chi connectivity index (χ0) is 10.1. The Hall–Kier alpha value is -0.570. The van der Waals surface area contributed by atoms with Gasteiger partial charge in [-0.25, -0.2) is 0 Å². The van der Waals surface area contributed by atoms with E-state index in [1.54, 1.807) is 0 Å². The highest BCUT2D eigenvalue weighted by Gasteiger charge is 2.40. The fourth-order valence-electron chi connectivity index (χ4n) is 2.57. The molecule has 0 bridgehead atoms. The van der Waals surface area contributed by atoms with Gasteiger partial charge in [-0.1, -0.05) is 6.92 Å². The lowest BCUT2D eigenvalue weighted by atomic mass is 9.77. The predicted molar refractivity (Wildman–Crippen MR) is 54.1 cm³/mol. The first kappa shape index (κ1) is 9.97. The van der Waals surface area contributed by atoms with E-state index in [1.165, 1.54) is 12.8 Å². The molecule has 2 rings (SSSR count). The molecule has 2 unspecified atom stereocenters. The highest BCUT2D eigenvalue weighted by molar-refractivity contribution is 5.72. The number of hydrogen-bond donors (Lipinski definition) is 1. The molecule has 2 atom stereocenters. The summed E-state index contributed by atoms with van der Waals surface area (Å²) in [5.74, 6) is 0.151. The van der Waals surface area contributed by atoms with E-state index in [-0.39, 0.29) is 5.92 Å². The van der Waals surface area contributed by atoms with Gasteiger partial charge in [0.1, 0.15) is 0 Å². The number of carboxylic acid groups (broad SMARTS) is 1. The minimum atomic E-state index is -0.597. The Morgan fingerprint density at radius 1 is 1.21 bits per heavy atom. The van der Waals surface area contributed by atoms with Crippen molar-refractivity contribution < 1.29 is 9.90 Å². The van der Waals surface area contributed by atoms with Gasteiger partial charge in [0, 0.05) is 6.04 Å². The molecule has 2 aliphatic rings. The molecular formula is C11H19NO2. The number of nitrogens with zero attached hydrogens (tertiary/aromatic N) is 1. The molecule has 3 heteroatoms. The maximum atomic E-state index is 10.9. The van der Waals surface area contributed by atoms with E-state index < -0.39 is 5.97 Å². The Bertz CT molecular complexity index is 221. The van der Waals surface area contributed by atoms with Crippen LogP contribution in [-0.4, -0.2) is 35.1 Å². The van der Waals surface area contributed by atoms with E-state index in [1.807, 2.05) is 0 Å². The second kappa shape index (κ2) is 3.89. The summed E-state index contributed by atoms with van der Waals surface area (Å²) < 4.78 is 0. The molecule has 0 aromatic carbocycles. The van der Waals surface area contributed by atoms with Crippen molar-refractivity contribution in [3.05, 3.63) is 0 Å². The number of carboxylic acids is 1. The number of hydrogen-bond acceptors (Lipinski definition) is 2. The van der Waals surface area contributed by atoms with Crippen molar-refractivity contribution in [2.24, 2.45) is 11.8 Å². The molecule has 2 fully saturated rings. The smallest absolute Gasteiger partial charge is 0.308 e. The van der Waals surface area contributed by atoms with Crippen LogP contribution in [0.15, 0.2) is 0 Å². The molecule has 1 N–H and O–H groups in total. The maximum absolute atomic E-state index is 10.9. The lowest BCUT2D eigenvalue weighted by Crippen LogP contribution is -2.52. The number of carbonyl (C=O) groups is 1.